The monoisotopic (exact) mass is 117 g/mol. The quantitative estimate of drug-likeness (QED) is 0.473. The first kappa shape index (κ1) is 7.88. The first-order chi connectivity index (χ1) is 3.85. The molecule has 0 spiro atoms. The van der Waals surface area contributed by atoms with E-state index < -0.39 is 0 Å². The molecule has 4 N–H and O–H groups in total. The van der Waals surface area contributed by atoms with Crippen LogP contribution < -0.4 is 11.5 Å². The summed E-state index contributed by atoms with van der Waals surface area (Å²) in [7, 11) is 0. The molecule has 0 aromatic heterocycles. The fourth-order valence-electron chi connectivity index (χ4n) is 0.561. The number of hydrogen-bond acceptors (Lipinski definition) is 3. The molecule has 8 heavy (non-hydrogen) atoms. The topological polar surface area (TPSA) is 55.3 Å². The Hall–Kier alpha value is -0.120. The lowest BCUT2D eigenvalue weighted by Crippen LogP contribution is -2.34. The van der Waals surface area contributed by atoms with Gasteiger partial charge in [-0.05, 0) is 6.54 Å². The summed E-state index contributed by atoms with van der Waals surface area (Å²) in [5.41, 5.74) is 10.6. The standard InChI is InChI=1S/C5H15N3/c1-2-8(5-7)4-3-6/h2-7H2,1H3. The normalized spacial score (nSPS) is 10.5. The van der Waals surface area contributed by atoms with Crippen molar-refractivity contribution >= 4 is 0 Å². The highest BCUT2D eigenvalue weighted by Gasteiger charge is 1.93. The van der Waals surface area contributed by atoms with Crippen LogP contribution in [0.25, 0.3) is 0 Å². The van der Waals surface area contributed by atoms with Crippen LogP contribution in [0.1, 0.15) is 6.92 Å². The molecular weight excluding hydrogens is 102 g/mol. The summed E-state index contributed by atoms with van der Waals surface area (Å²) in [5, 5.41) is 0. The molecule has 0 atom stereocenters. The van der Waals surface area contributed by atoms with Crippen molar-refractivity contribution in [1.82, 2.24) is 4.90 Å². The first-order valence-electron chi connectivity index (χ1n) is 2.97. The molecule has 0 aliphatic carbocycles. The Bertz CT molecular complexity index is 42.9. The van der Waals surface area contributed by atoms with Crippen LogP contribution >= 0.6 is 0 Å². The highest BCUT2D eigenvalue weighted by Crippen LogP contribution is 1.78. The lowest BCUT2D eigenvalue weighted by Gasteiger charge is -2.15. The molecule has 0 aliphatic heterocycles. The van der Waals surface area contributed by atoms with Crippen LogP contribution in [0.5, 0.6) is 0 Å². The molecule has 3 heteroatoms. The third-order valence-electron chi connectivity index (χ3n) is 1.15. The average molecular weight is 117 g/mol. The highest BCUT2D eigenvalue weighted by molar-refractivity contribution is 4.49. The molecule has 0 fully saturated rings. The molecule has 50 valence electrons. The van der Waals surface area contributed by atoms with Gasteiger partial charge in [-0.2, -0.15) is 0 Å². The molecule has 0 aromatic rings. The van der Waals surface area contributed by atoms with Crippen LogP contribution in [0.3, 0.4) is 0 Å². The molecule has 0 amide bonds. The predicted molar refractivity (Wildman–Crippen MR) is 35.4 cm³/mol. The van der Waals surface area contributed by atoms with E-state index in [0.717, 1.165) is 13.1 Å². The largest absolute Gasteiger partial charge is 0.329 e. The van der Waals surface area contributed by atoms with Crippen LogP contribution in [-0.2, 0) is 0 Å². The smallest absolute Gasteiger partial charge is 0.0455 e. The summed E-state index contributed by atoms with van der Waals surface area (Å²) in [6.07, 6.45) is 0. The number of hydrogen-bond donors (Lipinski definition) is 2. The Morgan fingerprint density at radius 1 is 1.38 bits per heavy atom. The highest BCUT2D eigenvalue weighted by atomic mass is 15.2. The number of rotatable bonds is 4. The van der Waals surface area contributed by atoms with Gasteiger partial charge in [0, 0.05) is 19.8 Å². The van der Waals surface area contributed by atoms with E-state index in [2.05, 4.69) is 11.8 Å². The lowest BCUT2D eigenvalue weighted by molar-refractivity contribution is 0.305. The molecule has 0 aromatic carbocycles. The van der Waals surface area contributed by atoms with Gasteiger partial charge in [-0.15, -0.1) is 0 Å². The second kappa shape index (κ2) is 5.03. The van der Waals surface area contributed by atoms with Crippen LogP contribution in [0.4, 0.5) is 0 Å². The Balaban J connectivity index is 3.07. The van der Waals surface area contributed by atoms with Crippen molar-refractivity contribution in [3.05, 3.63) is 0 Å². The van der Waals surface area contributed by atoms with Crippen LogP contribution in [-0.4, -0.2) is 31.2 Å². The van der Waals surface area contributed by atoms with E-state index in [1.54, 1.807) is 0 Å². The Morgan fingerprint density at radius 3 is 2.12 bits per heavy atom. The van der Waals surface area contributed by atoms with Crippen molar-refractivity contribution in [2.75, 3.05) is 26.3 Å². The zero-order valence-electron chi connectivity index (χ0n) is 5.43. The fourth-order valence-corrected chi connectivity index (χ4v) is 0.561. The second-order valence-corrected chi connectivity index (χ2v) is 1.68. The van der Waals surface area contributed by atoms with E-state index in [9.17, 15) is 0 Å². The Labute approximate surface area is 50.6 Å². The van der Waals surface area contributed by atoms with Crippen molar-refractivity contribution in [3.8, 4) is 0 Å². The average Bonchev–Trinajstić information content (AvgIpc) is 1.83. The summed E-state index contributed by atoms with van der Waals surface area (Å²) in [6, 6.07) is 0. The molecule has 0 rings (SSSR count). The molecule has 0 bridgehead atoms. The fraction of sp³-hybridized carbons (Fsp3) is 1.00. The van der Waals surface area contributed by atoms with Crippen molar-refractivity contribution in [1.29, 1.82) is 0 Å². The summed E-state index contributed by atoms with van der Waals surface area (Å²) in [5.74, 6) is 0. The molecule has 0 radical (unpaired) electrons. The molecule has 0 unspecified atom stereocenters. The Morgan fingerprint density at radius 2 is 2.00 bits per heavy atom. The van der Waals surface area contributed by atoms with E-state index in [-0.39, 0.29) is 0 Å². The van der Waals surface area contributed by atoms with Gasteiger partial charge in [0.25, 0.3) is 0 Å². The van der Waals surface area contributed by atoms with Gasteiger partial charge in [0.2, 0.25) is 0 Å². The molecule has 0 saturated heterocycles. The first-order valence-corrected chi connectivity index (χ1v) is 2.97. The second-order valence-electron chi connectivity index (χ2n) is 1.68. The molecule has 0 saturated carbocycles. The van der Waals surface area contributed by atoms with Gasteiger partial charge in [-0.1, -0.05) is 6.92 Å². The number of nitrogens with two attached hydrogens (primary N) is 2. The third kappa shape index (κ3) is 2.96. The van der Waals surface area contributed by atoms with Crippen molar-refractivity contribution in [2.45, 2.75) is 6.92 Å². The van der Waals surface area contributed by atoms with E-state index in [1.807, 2.05) is 0 Å². The molecule has 3 nitrogen and oxygen atoms in total. The van der Waals surface area contributed by atoms with Gasteiger partial charge < -0.3 is 11.5 Å². The molecule has 0 heterocycles. The number of nitrogens with zero attached hydrogens (tertiary/aromatic N) is 1. The molecule has 0 aliphatic rings. The maximum absolute atomic E-state index is 5.34. The van der Waals surface area contributed by atoms with E-state index in [1.165, 1.54) is 0 Å². The summed E-state index contributed by atoms with van der Waals surface area (Å²) in [6.45, 7) is 5.29. The van der Waals surface area contributed by atoms with Gasteiger partial charge in [-0.25, -0.2) is 0 Å². The van der Waals surface area contributed by atoms with Gasteiger partial charge >= 0.3 is 0 Å². The number of likely N-dealkylation sites (N-methyl/N-ethyl adjacent to an activating group) is 1. The maximum Gasteiger partial charge on any atom is 0.0455 e. The lowest BCUT2D eigenvalue weighted by atomic mass is 10.5. The minimum Gasteiger partial charge on any atom is -0.329 e. The maximum atomic E-state index is 5.34. The summed E-state index contributed by atoms with van der Waals surface area (Å²) < 4.78 is 0. The van der Waals surface area contributed by atoms with E-state index in [0.29, 0.717) is 13.2 Å². The van der Waals surface area contributed by atoms with Gasteiger partial charge in [-0.3, -0.25) is 4.90 Å². The zero-order valence-corrected chi connectivity index (χ0v) is 5.43. The van der Waals surface area contributed by atoms with Gasteiger partial charge in [0.1, 0.15) is 0 Å². The van der Waals surface area contributed by atoms with Crippen molar-refractivity contribution in [3.63, 3.8) is 0 Å². The van der Waals surface area contributed by atoms with E-state index in [4.69, 9.17) is 11.5 Å². The van der Waals surface area contributed by atoms with Crippen molar-refractivity contribution in [2.24, 2.45) is 11.5 Å². The van der Waals surface area contributed by atoms with Gasteiger partial charge in [0.15, 0.2) is 0 Å². The summed E-state index contributed by atoms with van der Waals surface area (Å²) in [4.78, 5) is 2.08. The molecular formula is C5H15N3. The predicted octanol–water partition coefficient (Wildman–Crippen LogP) is -0.817. The third-order valence-corrected chi connectivity index (χ3v) is 1.15. The van der Waals surface area contributed by atoms with Crippen LogP contribution in [0, 0.1) is 0 Å². The zero-order chi connectivity index (χ0) is 6.41. The van der Waals surface area contributed by atoms with Crippen molar-refractivity contribution < 1.29 is 0 Å². The van der Waals surface area contributed by atoms with Crippen LogP contribution in [0.2, 0.25) is 0 Å². The van der Waals surface area contributed by atoms with Gasteiger partial charge in [0.05, 0.1) is 0 Å². The van der Waals surface area contributed by atoms with Crippen LogP contribution in [0.15, 0.2) is 0 Å². The summed E-state index contributed by atoms with van der Waals surface area (Å²) >= 11 is 0. The minimum absolute atomic E-state index is 0.619. The SMILES string of the molecule is CCN(CN)CCN. The van der Waals surface area contributed by atoms with E-state index >= 15 is 0 Å². The Kier molecular flexibility index (Phi) is 4.95. The minimum atomic E-state index is 0.619.